The number of aromatic hydroxyl groups is 1. The van der Waals surface area contributed by atoms with Gasteiger partial charge in [0.1, 0.15) is 11.2 Å². The normalized spacial score (nSPS) is 14.3. The SMILES string of the molecule is COC(=O)C(C)(CS)c1ncccc1O. The van der Waals surface area contributed by atoms with Crippen LogP contribution in [-0.2, 0) is 14.9 Å². The van der Waals surface area contributed by atoms with Crippen LogP contribution in [0, 0.1) is 0 Å². The molecule has 0 amide bonds. The summed E-state index contributed by atoms with van der Waals surface area (Å²) >= 11 is 4.10. The Hall–Kier alpha value is -1.23. The number of rotatable bonds is 3. The van der Waals surface area contributed by atoms with Gasteiger partial charge in [-0.25, -0.2) is 0 Å². The molecule has 5 heteroatoms. The Morgan fingerprint density at radius 3 is 2.87 bits per heavy atom. The molecule has 0 aliphatic carbocycles. The molecule has 0 saturated heterocycles. The number of hydrogen-bond acceptors (Lipinski definition) is 5. The molecule has 0 aliphatic rings. The number of aromatic nitrogens is 1. The lowest BCUT2D eigenvalue weighted by Crippen LogP contribution is -2.36. The topological polar surface area (TPSA) is 59.4 Å². The number of hydrogen-bond donors (Lipinski definition) is 2. The van der Waals surface area contributed by atoms with Crippen LogP contribution in [0.4, 0.5) is 0 Å². The first-order valence-corrected chi connectivity index (χ1v) is 5.03. The Balaban J connectivity index is 3.23. The molecule has 4 nitrogen and oxygen atoms in total. The van der Waals surface area contributed by atoms with Crippen molar-refractivity contribution in [2.45, 2.75) is 12.3 Å². The van der Waals surface area contributed by atoms with E-state index in [1.165, 1.54) is 19.4 Å². The van der Waals surface area contributed by atoms with Crippen LogP contribution in [0.3, 0.4) is 0 Å². The molecular formula is C10H13NO3S. The van der Waals surface area contributed by atoms with Gasteiger partial charge in [0, 0.05) is 11.9 Å². The zero-order chi connectivity index (χ0) is 11.5. The van der Waals surface area contributed by atoms with Gasteiger partial charge in [0.05, 0.1) is 12.8 Å². The zero-order valence-corrected chi connectivity index (χ0v) is 9.49. The van der Waals surface area contributed by atoms with Crippen LogP contribution in [0.25, 0.3) is 0 Å². The molecule has 0 spiro atoms. The highest BCUT2D eigenvalue weighted by atomic mass is 32.1. The maximum Gasteiger partial charge on any atom is 0.318 e. The summed E-state index contributed by atoms with van der Waals surface area (Å²) in [5.41, 5.74) is -0.740. The Kier molecular flexibility index (Phi) is 3.57. The van der Waals surface area contributed by atoms with Crippen LogP contribution < -0.4 is 0 Å². The van der Waals surface area contributed by atoms with Gasteiger partial charge in [-0.05, 0) is 19.1 Å². The second-order valence-electron chi connectivity index (χ2n) is 3.35. The maximum atomic E-state index is 11.6. The smallest absolute Gasteiger partial charge is 0.318 e. The average molecular weight is 227 g/mol. The largest absolute Gasteiger partial charge is 0.506 e. The van der Waals surface area contributed by atoms with Gasteiger partial charge >= 0.3 is 5.97 Å². The van der Waals surface area contributed by atoms with E-state index in [2.05, 4.69) is 22.3 Å². The van der Waals surface area contributed by atoms with Crippen molar-refractivity contribution in [3.63, 3.8) is 0 Å². The fourth-order valence-electron chi connectivity index (χ4n) is 1.28. The molecule has 15 heavy (non-hydrogen) atoms. The Labute approximate surface area is 93.7 Å². The van der Waals surface area contributed by atoms with Crippen LogP contribution in [0.5, 0.6) is 5.75 Å². The van der Waals surface area contributed by atoms with E-state index in [4.69, 9.17) is 0 Å². The molecule has 1 N–H and O–H groups in total. The first-order chi connectivity index (χ1) is 7.06. The number of thiol groups is 1. The van der Waals surface area contributed by atoms with Crippen LogP contribution in [-0.4, -0.2) is 28.9 Å². The summed E-state index contributed by atoms with van der Waals surface area (Å²) in [4.78, 5) is 15.6. The van der Waals surface area contributed by atoms with Gasteiger partial charge in [0.2, 0.25) is 0 Å². The van der Waals surface area contributed by atoms with Crippen molar-refractivity contribution in [3.8, 4) is 5.75 Å². The molecule has 0 saturated carbocycles. The molecule has 0 aliphatic heterocycles. The monoisotopic (exact) mass is 227 g/mol. The second-order valence-corrected chi connectivity index (χ2v) is 3.67. The summed E-state index contributed by atoms with van der Waals surface area (Å²) in [5, 5.41) is 9.62. The molecule has 1 aromatic rings. The van der Waals surface area contributed by atoms with Crippen LogP contribution in [0.2, 0.25) is 0 Å². The lowest BCUT2D eigenvalue weighted by atomic mass is 9.88. The van der Waals surface area contributed by atoms with E-state index in [1.807, 2.05) is 0 Å². The highest BCUT2D eigenvalue weighted by molar-refractivity contribution is 7.80. The van der Waals surface area contributed by atoms with E-state index < -0.39 is 11.4 Å². The summed E-state index contributed by atoms with van der Waals surface area (Å²) in [6, 6.07) is 3.07. The third kappa shape index (κ3) is 2.07. The minimum atomic E-state index is -1.02. The van der Waals surface area contributed by atoms with Crippen LogP contribution in [0.1, 0.15) is 12.6 Å². The van der Waals surface area contributed by atoms with Crippen molar-refractivity contribution in [1.29, 1.82) is 0 Å². The highest BCUT2D eigenvalue weighted by Gasteiger charge is 2.38. The summed E-state index contributed by atoms with van der Waals surface area (Å²) < 4.78 is 4.68. The maximum absolute atomic E-state index is 11.6. The molecule has 1 rings (SSSR count). The zero-order valence-electron chi connectivity index (χ0n) is 8.60. The molecule has 0 fully saturated rings. The molecular weight excluding hydrogens is 214 g/mol. The third-order valence-electron chi connectivity index (χ3n) is 2.26. The number of esters is 1. The van der Waals surface area contributed by atoms with E-state index in [0.717, 1.165) is 0 Å². The molecule has 82 valence electrons. The fraction of sp³-hybridized carbons (Fsp3) is 0.400. The summed E-state index contributed by atoms with van der Waals surface area (Å²) in [7, 11) is 1.30. The Morgan fingerprint density at radius 2 is 2.40 bits per heavy atom. The quantitative estimate of drug-likeness (QED) is 0.600. The number of carbonyl (C=O) groups is 1. The van der Waals surface area contributed by atoms with Gasteiger partial charge in [0.15, 0.2) is 0 Å². The standard InChI is InChI=1S/C10H13NO3S/c1-10(6-15,9(13)14-2)8-7(12)4-3-5-11-8/h3-5,12,15H,6H2,1-2H3. The molecule has 1 heterocycles. The number of pyridine rings is 1. The van der Waals surface area contributed by atoms with Crippen molar-refractivity contribution in [2.75, 3.05) is 12.9 Å². The molecule has 1 unspecified atom stereocenters. The van der Waals surface area contributed by atoms with Gasteiger partial charge in [-0.1, -0.05) is 0 Å². The number of methoxy groups -OCH3 is 1. The molecule has 0 bridgehead atoms. The van der Waals surface area contributed by atoms with Gasteiger partial charge in [0.25, 0.3) is 0 Å². The molecule has 0 radical (unpaired) electrons. The Morgan fingerprint density at radius 1 is 1.73 bits per heavy atom. The molecule has 1 atom stereocenters. The third-order valence-corrected chi connectivity index (χ3v) is 2.89. The van der Waals surface area contributed by atoms with Crippen LogP contribution in [0.15, 0.2) is 18.3 Å². The average Bonchev–Trinajstić information content (AvgIpc) is 2.27. The van der Waals surface area contributed by atoms with E-state index in [-0.39, 0.29) is 17.2 Å². The predicted molar refractivity (Wildman–Crippen MR) is 59.1 cm³/mol. The molecule has 1 aromatic heterocycles. The van der Waals surface area contributed by atoms with Crippen LogP contribution >= 0.6 is 12.6 Å². The Bertz CT molecular complexity index is 369. The highest BCUT2D eigenvalue weighted by Crippen LogP contribution is 2.31. The van der Waals surface area contributed by atoms with E-state index in [0.29, 0.717) is 0 Å². The first-order valence-electron chi connectivity index (χ1n) is 4.40. The van der Waals surface area contributed by atoms with Crippen molar-refractivity contribution >= 4 is 18.6 Å². The van der Waals surface area contributed by atoms with E-state index in [1.54, 1.807) is 13.0 Å². The lowest BCUT2D eigenvalue weighted by Gasteiger charge is -2.24. The predicted octanol–water partition coefficient (Wildman–Crippen LogP) is 1.15. The van der Waals surface area contributed by atoms with Crippen molar-refractivity contribution in [1.82, 2.24) is 4.98 Å². The van der Waals surface area contributed by atoms with Gasteiger partial charge in [-0.15, -0.1) is 0 Å². The lowest BCUT2D eigenvalue weighted by molar-refractivity contribution is -0.146. The van der Waals surface area contributed by atoms with Gasteiger partial charge < -0.3 is 9.84 Å². The second kappa shape index (κ2) is 4.53. The number of ether oxygens (including phenoxy) is 1. The number of carbonyl (C=O) groups excluding carboxylic acids is 1. The summed E-state index contributed by atoms with van der Waals surface area (Å²) in [5.74, 6) is -0.282. The van der Waals surface area contributed by atoms with E-state index in [9.17, 15) is 9.90 Å². The van der Waals surface area contributed by atoms with Gasteiger partial charge in [-0.3, -0.25) is 9.78 Å². The van der Waals surface area contributed by atoms with Gasteiger partial charge in [-0.2, -0.15) is 12.6 Å². The van der Waals surface area contributed by atoms with Crippen molar-refractivity contribution in [2.24, 2.45) is 0 Å². The van der Waals surface area contributed by atoms with Crippen molar-refractivity contribution < 1.29 is 14.6 Å². The first kappa shape index (κ1) is 11.8. The number of nitrogens with zero attached hydrogens (tertiary/aromatic N) is 1. The van der Waals surface area contributed by atoms with Crippen molar-refractivity contribution in [3.05, 3.63) is 24.0 Å². The summed E-state index contributed by atoms with van der Waals surface area (Å²) in [6.07, 6.45) is 1.51. The fourth-order valence-corrected chi connectivity index (χ4v) is 1.56. The minimum Gasteiger partial charge on any atom is -0.506 e. The van der Waals surface area contributed by atoms with E-state index >= 15 is 0 Å². The summed E-state index contributed by atoms with van der Waals surface area (Å²) in [6.45, 7) is 1.63. The molecule has 0 aromatic carbocycles. The minimum absolute atomic E-state index is 0.0283.